The van der Waals surface area contributed by atoms with Crippen LogP contribution in [-0.4, -0.2) is 49.9 Å². The van der Waals surface area contributed by atoms with Gasteiger partial charge in [-0.25, -0.2) is 13.9 Å². The molecule has 10 heteroatoms. The zero-order valence-corrected chi connectivity index (χ0v) is 15.8. The van der Waals surface area contributed by atoms with Crippen LogP contribution in [0, 0.1) is 5.82 Å². The van der Waals surface area contributed by atoms with Crippen LogP contribution >= 0.6 is 11.3 Å². The summed E-state index contributed by atoms with van der Waals surface area (Å²) in [4.78, 5) is 21.6. The molecule has 1 fully saturated rings. The first-order valence-corrected chi connectivity index (χ1v) is 9.54. The molecular formula is C18H16FN7OS. The maximum atomic E-state index is 13.1. The van der Waals surface area contributed by atoms with Gasteiger partial charge < -0.3 is 9.80 Å². The van der Waals surface area contributed by atoms with Gasteiger partial charge in [0.05, 0.1) is 30.3 Å². The predicted octanol–water partition coefficient (Wildman–Crippen LogP) is 2.18. The number of piperazine rings is 1. The zero-order chi connectivity index (χ0) is 19.3. The quantitative estimate of drug-likeness (QED) is 0.530. The van der Waals surface area contributed by atoms with Crippen molar-refractivity contribution >= 4 is 33.0 Å². The van der Waals surface area contributed by atoms with Gasteiger partial charge in [0.1, 0.15) is 5.82 Å². The van der Waals surface area contributed by atoms with Crippen LogP contribution in [0.3, 0.4) is 0 Å². The van der Waals surface area contributed by atoms with Crippen LogP contribution in [0.15, 0.2) is 42.9 Å². The van der Waals surface area contributed by atoms with Crippen molar-refractivity contribution in [3.63, 3.8) is 0 Å². The number of benzene rings is 1. The standard InChI is InChI=1S/C18H16FN7OS/c1-23-9-14(8-20-23)25-7-6-24(11-16(25)27)18-22-26-10-15(21-17(26)28-18)12-2-4-13(19)5-3-12/h2-5,8-10H,6-7,11H2,1H3. The van der Waals surface area contributed by atoms with Crippen molar-refractivity contribution in [2.45, 2.75) is 0 Å². The van der Waals surface area contributed by atoms with Gasteiger partial charge in [-0.05, 0) is 24.3 Å². The average molecular weight is 397 g/mol. The SMILES string of the molecule is Cn1cc(N2CCN(c3nn4cc(-c5ccc(F)cc5)nc4s3)CC2=O)cn1. The summed E-state index contributed by atoms with van der Waals surface area (Å²) in [7, 11) is 1.83. The minimum absolute atomic E-state index is 0.0130. The van der Waals surface area contributed by atoms with E-state index < -0.39 is 0 Å². The van der Waals surface area contributed by atoms with Gasteiger partial charge in [0.25, 0.3) is 0 Å². The van der Waals surface area contributed by atoms with Crippen molar-refractivity contribution in [3.05, 3.63) is 48.7 Å². The number of anilines is 2. The molecule has 1 aliphatic rings. The van der Waals surface area contributed by atoms with Crippen LogP contribution in [-0.2, 0) is 11.8 Å². The molecule has 0 radical (unpaired) electrons. The number of carbonyl (C=O) groups excluding carboxylic acids is 1. The van der Waals surface area contributed by atoms with Crippen molar-refractivity contribution in [3.8, 4) is 11.3 Å². The van der Waals surface area contributed by atoms with Gasteiger partial charge in [-0.1, -0.05) is 11.3 Å². The van der Waals surface area contributed by atoms with E-state index in [2.05, 4.69) is 15.2 Å². The fourth-order valence-corrected chi connectivity index (χ4v) is 4.14. The molecule has 1 aliphatic heterocycles. The van der Waals surface area contributed by atoms with Crippen molar-refractivity contribution in [1.82, 2.24) is 24.4 Å². The van der Waals surface area contributed by atoms with Crippen molar-refractivity contribution in [1.29, 1.82) is 0 Å². The minimum Gasteiger partial charge on any atom is -0.336 e. The normalized spacial score (nSPS) is 15.0. The van der Waals surface area contributed by atoms with Gasteiger partial charge in [-0.2, -0.15) is 5.10 Å². The summed E-state index contributed by atoms with van der Waals surface area (Å²) in [5, 5.41) is 9.46. The third-order valence-corrected chi connectivity index (χ3v) is 5.65. The molecule has 3 aromatic heterocycles. The number of nitrogens with zero attached hydrogens (tertiary/aromatic N) is 7. The molecule has 1 aromatic carbocycles. The van der Waals surface area contributed by atoms with E-state index in [4.69, 9.17) is 0 Å². The van der Waals surface area contributed by atoms with Gasteiger partial charge in [0, 0.05) is 31.9 Å². The summed E-state index contributed by atoms with van der Waals surface area (Å²) in [6.07, 6.45) is 5.35. The minimum atomic E-state index is -0.278. The monoisotopic (exact) mass is 397 g/mol. The van der Waals surface area contributed by atoms with E-state index in [1.54, 1.807) is 32.4 Å². The summed E-state index contributed by atoms with van der Waals surface area (Å²) in [5.74, 6) is -0.264. The van der Waals surface area contributed by atoms with Gasteiger partial charge in [0.2, 0.25) is 16.0 Å². The lowest BCUT2D eigenvalue weighted by molar-refractivity contribution is -0.117. The average Bonchev–Trinajstić information content (AvgIpc) is 3.37. The Morgan fingerprint density at radius 1 is 1.14 bits per heavy atom. The topological polar surface area (TPSA) is 71.6 Å². The molecule has 28 heavy (non-hydrogen) atoms. The highest BCUT2D eigenvalue weighted by Gasteiger charge is 2.28. The molecule has 0 bridgehead atoms. The van der Waals surface area contributed by atoms with Crippen LogP contribution < -0.4 is 9.80 Å². The number of imidazole rings is 1. The highest BCUT2D eigenvalue weighted by atomic mass is 32.1. The van der Waals surface area contributed by atoms with Crippen LogP contribution in [0.5, 0.6) is 0 Å². The van der Waals surface area contributed by atoms with Crippen LogP contribution in [0.1, 0.15) is 0 Å². The fraction of sp³-hybridized carbons (Fsp3) is 0.222. The number of carbonyl (C=O) groups is 1. The van der Waals surface area contributed by atoms with E-state index >= 15 is 0 Å². The lowest BCUT2D eigenvalue weighted by Gasteiger charge is -2.33. The summed E-state index contributed by atoms with van der Waals surface area (Å²) < 4.78 is 16.5. The smallest absolute Gasteiger partial charge is 0.246 e. The summed E-state index contributed by atoms with van der Waals surface area (Å²) >= 11 is 1.43. The molecule has 4 heterocycles. The molecule has 1 amide bonds. The summed E-state index contributed by atoms with van der Waals surface area (Å²) in [6.45, 7) is 1.52. The first kappa shape index (κ1) is 16.9. The fourth-order valence-electron chi connectivity index (χ4n) is 3.23. The summed E-state index contributed by atoms with van der Waals surface area (Å²) in [5.41, 5.74) is 2.38. The number of aryl methyl sites for hydroxylation is 1. The Morgan fingerprint density at radius 3 is 2.64 bits per heavy atom. The predicted molar refractivity (Wildman–Crippen MR) is 104 cm³/mol. The first-order valence-electron chi connectivity index (χ1n) is 8.73. The van der Waals surface area contributed by atoms with E-state index in [1.807, 2.05) is 24.3 Å². The van der Waals surface area contributed by atoms with Crippen molar-refractivity contribution in [2.24, 2.45) is 7.05 Å². The Labute approximate surface area is 163 Å². The van der Waals surface area contributed by atoms with E-state index in [9.17, 15) is 9.18 Å². The maximum absolute atomic E-state index is 13.1. The summed E-state index contributed by atoms with van der Waals surface area (Å²) in [6, 6.07) is 6.21. The number of fused-ring (bicyclic) bond motifs is 1. The second-order valence-corrected chi connectivity index (χ2v) is 7.52. The molecule has 0 aliphatic carbocycles. The maximum Gasteiger partial charge on any atom is 0.246 e. The lowest BCUT2D eigenvalue weighted by Crippen LogP contribution is -2.50. The Hall–Kier alpha value is -3.27. The van der Waals surface area contributed by atoms with E-state index in [1.165, 1.54) is 23.5 Å². The number of hydrogen-bond donors (Lipinski definition) is 0. The van der Waals surface area contributed by atoms with Gasteiger partial charge >= 0.3 is 0 Å². The van der Waals surface area contributed by atoms with E-state index in [0.29, 0.717) is 13.1 Å². The third kappa shape index (κ3) is 2.91. The van der Waals surface area contributed by atoms with E-state index in [0.717, 1.165) is 27.0 Å². The number of halogens is 1. The first-order chi connectivity index (χ1) is 13.6. The highest BCUT2D eigenvalue weighted by molar-refractivity contribution is 7.20. The number of aromatic nitrogens is 5. The zero-order valence-electron chi connectivity index (χ0n) is 15.0. The largest absolute Gasteiger partial charge is 0.336 e. The van der Waals surface area contributed by atoms with Crippen molar-refractivity contribution < 1.29 is 9.18 Å². The Morgan fingerprint density at radius 2 is 1.96 bits per heavy atom. The van der Waals surface area contributed by atoms with Crippen LogP contribution in [0.2, 0.25) is 0 Å². The second kappa shape index (κ2) is 6.41. The molecule has 0 spiro atoms. The Bertz CT molecular complexity index is 1130. The van der Waals surface area contributed by atoms with Crippen LogP contribution in [0.25, 0.3) is 16.2 Å². The molecule has 4 aromatic rings. The molecule has 8 nitrogen and oxygen atoms in total. The number of hydrogen-bond acceptors (Lipinski definition) is 6. The van der Waals surface area contributed by atoms with Crippen molar-refractivity contribution in [2.75, 3.05) is 29.4 Å². The highest BCUT2D eigenvalue weighted by Crippen LogP contribution is 2.28. The molecule has 5 rings (SSSR count). The molecule has 0 N–H and O–H groups in total. The number of rotatable bonds is 3. The van der Waals surface area contributed by atoms with E-state index in [-0.39, 0.29) is 18.3 Å². The molecule has 0 atom stereocenters. The molecule has 1 saturated heterocycles. The molecule has 0 unspecified atom stereocenters. The van der Waals surface area contributed by atoms with Crippen LogP contribution in [0.4, 0.5) is 15.2 Å². The Kier molecular flexibility index (Phi) is 3.86. The molecule has 142 valence electrons. The molecular weight excluding hydrogens is 381 g/mol. The second-order valence-electron chi connectivity index (χ2n) is 6.58. The van der Waals surface area contributed by atoms with Gasteiger partial charge in [-0.3, -0.25) is 9.48 Å². The number of amides is 1. The lowest BCUT2D eigenvalue weighted by atomic mass is 10.2. The third-order valence-electron chi connectivity index (χ3n) is 4.67. The Balaban J connectivity index is 1.35. The van der Waals surface area contributed by atoms with Gasteiger partial charge in [0.15, 0.2) is 0 Å². The van der Waals surface area contributed by atoms with Gasteiger partial charge in [-0.15, -0.1) is 5.10 Å². The molecule has 0 saturated carbocycles.